The van der Waals surface area contributed by atoms with Gasteiger partial charge in [-0.15, -0.1) is 11.3 Å². The van der Waals surface area contributed by atoms with Crippen molar-refractivity contribution in [2.24, 2.45) is 5.92 Å². The van der Waals surface area contributed by atoms with Crippen molar-refractivity contribution in [2.45, 2.75) is 24.7 Å². The highest BCUT2D eigenvalue weighted by Gasteiger charge is 2.32. The summed E-state index contributed by atoms with van der Waals surface area (Å²) in [6, 6.07) is 7.64. The van der Waals surface area contributed by atoms with E-state index in [1.54, 1.807) is 18.4 Å². The minimum absolute atomic E-state index is 0.183. The highest BCUT2D eigenvalue weighted by molar-refractivity contribution is 7.89. The van der Waals surface area contributed by atoms with E-state index >= 15 is 0 Å². The number of nitrogens with one attached hydrogen (secondary N) is 1. The fraction of sp³-hybridized carbons (Fsp3) is 0.368. The van der Waals surface area contributed by atoms with Crippen LogP contribution in [0, 0.1) is 5.92 Å². The van der Waals surface area contributed by atoms with Crippen LogP contribution in [0.5, 0.6) is 0 Å². The van der Waals surface area contributed by atoms with Gasteiger partial charge in [0.2, 0.25) is 15.9 Å². The number of thiophene rings is 1. The fourth-order valence-corrected chi connectivity index (χ4v) is 5.48. The van der Waals surface area contributed by atoms with Gasteiger partial charge in [-0.1, -0.05) is 11.6 Å². The molecule has 29 heavy (non-hydrogen) atoms. The van der Waals surface area contributed by atoms with Crippen molar-refractivity contribution in [2.75, 3.05) is 25.0 Å². The van der Waals surface area contributed by atoms with E-state index < -0.39 is 16.0 Å². The molecule has 1 aliphatic heterocycles. The molecule has 2 aromatic rings. The van der Waals surface area contributed by atoms with Gasteiger partial charge in [0.25, 0.3) is 0 Å². The molecule has 156 valence electrons. The molecule has 3 rings (SSSR count). The van der Waals surface area contributed by atoms with Gasteiger partial charge in [0.15, 0.2) is 0 Å². The summed E-state index contributed by atoms with van der Waals surface area (Å²) < 4.78 is 31.9. The number of carbonyl (C=O) groups excluding carboxylic acids is 2. The van der Waals surface area contributed by atoms with Crippen LogP contribution in [-0.2, 0) is 19.6 Å². The Balaban J connectivity index is 1.61. The maximum atomic E-state index is 12.7. The van der Waals surface area contributed by atoms with Crippen molar-refractivity contribution < 1.29 is 22.7 Å². The number of hydrogen-bond acceptors (Lipinski definition) is 6. The lowest BCUT2D eigenvalue weighted by atomic mass is 9.97. The van der Waals surface area contributed by atoms with E-state index in [0.717, 1.165) is 0 Å². The molecule has 0 atom stereocenters. The van der Waals surface area contributed by atoms with Crippen molar-refractivity contribution in [1.82, 2.24) is 4.31 Å². The lowest BCUT2D eigenvalue weighted by Gasteiger charge is -2.30. The molecular weight excluding hydrogens is 436 g/mol. The number of rotatable bonds is 6. The summed E-state index contributed by atoms with van der Waals surface area (Å²) in [5.41, 5.74) is 0.327. The van der Waals surface area contributed by atoms with E-state index in [2.05, 4.69) is 5.32 Å². The number of carbonyl (C=O) groups is 2. The number of benzene rings is 1. The Labute approximate surface area is 178 Å². The van der Waals surface area contributed by atoms with Gasteiger partial charge in [0.05, 0.1) is 17.1 Å². The number of sulfonamides is 1. The van der Waals surface area contributed by atoms with Crippen LogP contribution >= 0.6 is 22.9 Å². The zero-order chi connectivity index (χ0) is 21.0. The molecule has 0 aliphatic carbocycles. The summed E-state index contributed by atoms with van der Waals surface area (Å²) >= 11 is 7.08. The molecule has 7 nitrogen and oxygen atoms in total. The van der Waals surface area contributed by atoms with Gasteiger partial charge in [0, 0.05) is 24.0 Å². The first-order valence-electron chi connectivity index (χ1n) is 9.14. The van der Waals surface area contributed by atoms with E-state index in [1.165, 1.54) is 39.9 Å². The molecule has 1 amide bonds. The molecular formula is C19H21ClN2O5S2. The lowest BCUT2D eigenvalue weighted by Crippen LogP contribution is -2.41. The van der Waals surface area contributed by atoms with Crippen LogP contribution in [0.2, 0.25) is 5.02 Å². The Hall–Kier alpha value is -1.94. The summed E-state index contributed by atoms with van der Waals surface area (Å²) in [6.07, 6.45) is 0.803. The van der Waals surface area contributed by atoms with E-state index in [9.17, 15) is 18.0 Å². The van der Waals surface area contributed by atoms with Crippen LogP contribution in [0.15, 0.2) is 40.6 Å². The highest BCUT2D eigenvalue weighted by atomic mass is 35.5. The Morgan fingerprint density at radius 1 is 1.21 bits per heavy atom. The number of amides is 1. The third kappa shape index (κ3) is 4.98. The zero-order valence-corrected chi connectivity index (χ0v) is 18.1. The second-order valence-electron chi connectivity index (χ2n) is 6.51. The minimum atomic E-state index is -3.62. The molecule has 0 spiro atoms. The Morgan fingerprint density at radius 2 is 1.86 bits per heavy atom. The Bertz CT molecular complexity index is 980. The summed E-state index contributed by atoms with van der Waals surface area (Å²) in [5, 5.41) is 5.42. The Kier molecular flexibility index (Phi) is 6.94. The number of anilines is 1. The monoisotopic (exact) mass is 456 g/mol. The predicted octanol–water partition coefficient (Wildman–Crippen LogP) is 3.62. The molecule has 2 heterocycles. The van der Waals surface area contributed by atoms with E-state index in [4.69, 9.17) is 16.3 Å². The quantitative estimate of drug-likeness (QED) is 0.670. The van der Waals surface area contributed by atoms with Crippen LogP contribution in [0.3, 0.4) is 0 Å². The molecule has 0 unspecified atom stereocenters. The predicted molar refractivity (Wildman–Crippen MR) is 112 cm³/mol. The number of esters is 1. The first-order chi connectivity index (χ1) is 13.8. The largest absolute Gasteiger partial charge is 0.462 e. The molecule has 1 aromatic heterocycles. The van der Waals surface area contributed by atoms with Gasteiger partial charge in [-0.05, 0) is 55.5 Å². The smallest absolute Gasteiger partial charge is 0.341 e. The number of nitrogens with zero attached hydrogens (tertiary/aromatic N) is 1. The SMILES string of the molecule is CCOC(=O)c1ccsc1NC(=O)C1CCN(S(=O)(=O)c2ccc(Cl)cc2)CC1. The summed E-state index contributed by atoms with van der Waals surface area (Å²) in [4.78, 5) is 24.8. The van der Waals surface area contributed by atoms with Crippen molar-refractivity contribution in [3.05, 3.63) is 46.3 Å². The van der Waals surface area contributed by atoms with Gasteiger partial charge in [0.1, 0.15) is 5.00 Å². The van der Waals surface area contributed by atoms with E-state index in [0.29, 0.717) is 28.4 Å². The lowest BCUT2D eigenvalue weighted by molar-refractivity contribution is -0.120. The molecule has 0 saturated carbocycles. The van der Waals surface area contributed by atoms with Gasteiger partial charge >= 0.3 is 5.97 Å². The third-order valence-electron chi connectivity index (χ3n) is 4.67. The number of ether oxygens (including phenoxy) is 1. The number of piperidine rings is 1. The van der Waals surface area contributed by atoms with Crippen LogP contribution in [0.25, 0.3) is 0 Å². The standard InChI is InChI=1S/C19H21ClN2O5S2/c1-2-27-19(24)16-9-12-28-18(16)21-17(23)13-7-10-22(11-8-13)29(25,26)15-5-3-14(20)4-6-15/h3-6,9,12-13H,2,7-8,10-11H2,1H3,(H,21,23). The second kappa shape index (κ2) is 9.25. The summed E-state index contributed by atoms with van der Waals surface area (Å²) in [6.45, 7) is 2.47. The molecule has 10 heteroatoms. The third-order valence-corrected chi connectivity index (χ3v) is 7.67. The molecule has 1 fully saturated rings. The van der Waals surface area contributed by atoms with Crippen molar-refractivity contribution in [1.29, 1.82) is 0 Å². The number of hydrogen-bond donors (Lipinski definition) is 1. The van der Waals surface area contributed by atoms with Gasteiger partial charge in [-0.2, -0.15) is 4.31 Å². The van der Waals surface area contributed by atoms with E-state index in [1.807, 2.05) is 0 Å². The maximum absolute atomic E-state index is 12.7. The van der Waals surface area contributed by atoms with Gasteiger partial charge in [-0.3, -0.25) is 4.79 Å². The first-order valence-corrected chi connectivity index (χ1v) is 11.8. The first kappa shape index (κ1) is 21.8. The molecule has 1 aliphatic rings. The Morgan fingerprint density at radius 3 is 2.48 bits per heavy atom. The van der Waals surface area contributed by atoms with Crippen LogP contribution in [0.1, 0.15) is 30.1 Å². The molecule has 1 aromatic carbocycles. The summed E-state index contributed by atoms with van der Waals surface area (Å²) in [5.74, 6) is -1.03. The molecule has 0 radical (unpaired) electrons. The average molecular weight is 457 g/mol. The molecule has 0 bridgehead atoms. The topological polar surface area (TPSA) is 92.8 Å². The van der Waals surface area contributed by atoms with Gasteiger partial charge in [-0.25, -0.2) is 13.2 Å². The van der Waals surface area contributed by atoms with Gasteiger partial charge < -0.3 is 10.1 Å². The molecule has 1 saturated heterocycles. The number of halogens is 1. The zero-order valence-electron chi connectivity index (χ0n) is 15.8. The summed E-state index contributed by atoms with van der Waals surface area (Å²) in [7, 11) is -3.62. The highest BCUT2D eigenvalue weighted by Crippen LogP contribution is 2.28. The normalized spacial score (nSPS) is 15.8. The van der Waals surface area contributed by atoms with Crippen LogP contribution < -0.4 is 5.32 Å². The van der Waals surface area contributed by atoms with Crippen LogP contribution in [0.4, 0.5) is 5.00 Å². The maximum Gasteiger partial charge on any atom is 0.341 e. The van der Waals surface area contributed by atoms with Crippen molar-refractivity contribution >= 4 is 49.8 Å². The fourth-order valence-electron chi connectivity index (χ4n) is 3.10. The minimum Gasteiger partial charge on any atom is -0.462 e. The molecule has 1 N–H and O–H groups in total. The average Bonchev–Trinajstić information content (AvgIpc) is 3.17. The van der Waals surface area contributed by atoms with Crippen molar-refractivity contribution in [3.63, 3.8) is 0 Å². The second-order valence-corrected chi connectivity index (χ2v) is 9.80. The van der Waals surface area contributed by atoms with Crippen molar-refractivity contribution in [3.8, 4) is 0 Å². The van der Waals surface area contributed by atoms with E-state index in [-0.39, 0.29) is 36.4 Å². The van der Waals surface area contributed by atoms with Crippen LogP contribution in [-0.4, -0.2) is 44.3 Å².